The van der Waals surface area contributed by atoms with Crippen molar-refractivity contribution in [3.8, 4) is 0 Å². The van der Waals surface area contributed by atoms with Crippen LogP contribution in [0.5, 0.6) is 0 Å². The van der Waals surface area contributed by atoms with E-state index in [1.807, 2.05) is 12.1 Å². The van der Waals surface area contributed by atoms with E-state index in [-0.39, 0.29) is 17.0 Å². The van der Waals surface area contributed by atoms with Gasteiger partial charge in [0.25, 0.3) is 11.5 Å². The third-order valence-corrected chi connectivity index (χ3v) is 4.72. The molecular formula is C22H19ClN2O4. The van der Waals surface area contributed by atoms with E-state index in [1.165, 1.54) is 34.9 Å². The maximum absolute atomic E-state index is 13.0. The van der Waals surface area contributed by atoms with Gasteiger partial charge in [-0.05, 0) is 35.9 Å². The quantitative estimate of drug-likeness (QED) is 0.602. The van der Waals surface area contributed by atoms with Crippen LogP contribution < -0.4 is 10.5 Å². The molecule has 1 heterocycles. The van der Waals surface area contributed by atoms with Crippen molar-refractivity contribution in [3.05, 3.63) is 98.9 Å². The van der Waals surface area contributed by atoms with Crippen molar-refractivity contribution < 1.29 is 14.3 Å². The Balaban J connectivity index is 1.91. The van der Waals surface area contributed by atoms with Crippen LogP contribution in [0.2, 0.25) is 5.02 Å². The number of benzene rings is 2. The molecule has 0 fully saturated rings. The summed E-state index contributed by atoms with van der Waals surface area (Å²) < 4.78 is 6.25. The first-order valence-corrected chi connectivity index (χ1v) is 9.19. The fourth-order valence-electron chi connectivity index (χ4n) is 2.92. The maximum atomic E-state index is 13.0. The van der Waals surface area contributed by atoms with E-state index in [4.69, 9.17) is 16.3 Å². The minimum absolute atomic E-state index is 0.228. The molecule has 0 radical (unpaired) electrons. The standard InChI is InChI=1S/C22H19ClN2O4/c1-24(19-6-4-3-5-18(19)22(28)29-2)21(27)16-9-12-20(26)25(14-16)13-15-7-10-17(23)11-8-15/h3-12,14H,13H2,1-2H3. The molecule has 0 N–H and O–H groups in total. The van der Waals surface area contributed by atoms with Crippen molar-refractivity contribution in [1.29, 1.82) is 0 Å². The predicted molar refractivity (Wildman–Crippen MR) is 112 cm³/mol. The van der Waals surface area contributed by atoms with E-state index in [9.17, 15) is 14.4 Å². The van der Waals surface area contributed by atoms with Gasteiger partial charge < -0.3 is 14.2 Å². The lowest BCUT2D eigenvalue weighted by molar-refractivity contribution is 0.0601. The molecule has 0 spiro atoms. The number of anilines is 1. The smallest absolute Gasteiger partial charge is 0.339 e. The molecule has 29 heavy (non-hydrogen) atoms. The topological polar surface area (TPSA) is 68.6 Å². The summed E-state index contributed by atoms with van der Waals surface area (Å²) in [7, 11) is 2.85. The number of hydrogen-bond donors (Lipinski definition) is 0. The van der Waals surface area contributed by atoms with E-state index in [1.54, 1.807) is 43.4 Å². The number of halogens is 1. The monoisotopic (exact) mass is 410 g/mol. The highest BCUT2D eigenvalue weighted by Gasteiger charge is 2.20. The minimum Gasteiger partial charge on any atom is -0.465 e. The van der Waals surface area contributed by atoms with Crippen LogP contribution in [0.4, 0.5) is 5.69 Å². The Hall–Kier alpha value is -3.38. The molecule has 6 nitrogen and oxygen atoms in total. The highest BCUT2D eigenvalue weighted by Crippen LogP contribution is 2.22. The average Bonchev–Trinajstić information content (AvgIpc) is 2.75. The van der Waals surface area contributed by atoms with Gasteiger partial charge in [0, 0.05) is 24.3 Å². The van der Waals surface area contributed by atoms with E-state index in [0.717, 1.165) is 5.56 Å². The molecule has 3 aromatic rings. The highest BCUT2D eigenvalue weighted by molar-refractivity contribution is 6.30. The second kappa shape index (κ2) is 8.75. The van der Waals surface area contributed by atoms with Crippen molar-refractivity contribution >= 4 is 29.2 Å². The van der Waals surface area contributed by atoms with Crippen LogP contribution in [0.25, 0.3) is 0 Å². The summed E-state index contributed by atoms with van der Waals surface area (Å²) in [5.41, 5.74) is 1.67. The summed E-state index contributed by atoms with van der Waals surface area (Å²) in [6.07, 6.45) is 1.51. The third kappa shape index (κ3) is 4.55. The van der Waals surface area contributed by atoms with Gasteiger partial charge in [0.2, 0.25) is 0 Å². The van der Waals surface area contributed by atoms with Crippen LogP contribution in [0, 0.1) is 0 Å². The molecule has 0 unspecified atom stereocenters. The number of hydrogen-bond acceptors (Lipinski definition) is 4. The van der Waals surface area contributed by atoms with E-state index in [0.29, 0.717) is 22.8 Å². The zero-order chi connectivity index (χ0) is 21.0. The molecule has 1 aromatic heterocycles. The number of pyridine rings is 1. The second-order valence-corrected chi connectivity index (χ2v) is 6.82. The Morgan fingerprint density at radius 2 is 1.72 bits per heavy atom. The Bertz CT molecular complexity index is 1110. The number of amides is 1. The Morgan fingerprint density at radius 1 is 1.03 bits per heavy atom. The number of carbonyl (C=O) groups excluding carboxylic acids is 2. The fraction of sp³-hybridized carbons (Fsp3) is 0.136. The molecule has 2 aromatic carbocycles. The molecule has 1 amide bonds. The lowest BCUT2D eigenvalue weighted by Gasteiger charge is -2.20. The Morgan fingerprint density at radius 3 is 2.41 bits per heavy atom. The predicted octanol–water partition coefficient (Wildman–Crippen LogP) is 3.61. The van der Waals surface area contributed by atoms with Crippen LogP contribution in [0.1, 0.15) is 26.3 Å². The largest absolute Gasteiger partial charge is 0.465 e. The molecule has 7 heteroatoms. The SMILES string of the molecule is COC(=O)c1ccccc1N(C)C(=O)c1ccc(=O)n(Cc2ccc(Cl)cc2)c1. The summed E-state index contributed by atoms with van der Waals surface area (Å²) in [5, 5.41) is 0.607. The molecule has 0 atom stereocenters. The maximum Gasteiger partial charge on any atom is 0.339 e. The first kappa shape index (κ1) is 20.4. The van der Waals surface area contributed by atoms with E-state index >= 15 is 0 Å². The van der Waals surface area contributed by atoms with E-state index < -0.39 is 5.97 Å². The summed E-state index contributed by atoms with van der Waals surface area (Å²) in [5.74, 6) is -0.890. The summed E-state index contributed by atoms with van der Waals surface area (Å²) in [6, 6.07) is 16.6. The first-order chi connectivity index (χ1) is 13.9. The molecule has 0 aliphatic carbocycles. The number of para-hydroxylation sites is 1. The molecule has 0 aliphatic rings. The zero-order valence-electron chi connectivity index (χ0n) is 16.0. The summed E-state index contributed by atoms with van der Waals surface area (Å²) >= 11 is 5.90. The lowest BCUT2D eigenvalue weighted by Crippen LogP contribution is -2.30. The summed E-state index contributed by atoms with van der Waals surface area (Å²) in [4.78, 5) is 38.6. The van der Waals surface area contributed by atoms with Gasteiger partial charge in [0.1, 0.15) is 0 Å². The van der Waals surface area contributed by atoms with Crippen LogP contribution in [0.15, 0.2) is 71.7 Å². The summed E-state index contributed by atoms with van der Waals surface area (Å²) in [6.45, 7) is 0.305. The number of rotatable bonds is 5. The number of methoxy groups -OCH3 is 1. The van der Waals surface area contributed by atoms with Gasteiger partial charge in [-0.15, -0.1) is 0 Å². The van der Waals surface area contributed by atoms with E-state index in [2.05, 4.69) is 0 Å². The number of esters is 1. The molecule has 0 saturated heterocycles. The average molecular weight is 411 g/mol. The molecule has 0 aliphatic heterocycles. The van der Waals surface area contributed by atoms with Crippen LogP contribution >= 0.6 is 11.6 Å². The molecule has 0 bridgehead atoms. The first-order valence-electron chi connectivity index (χ1n) is 8.81. The third-order valence-electron chi connectivity index (χ3n) is 4.47. The van der Waals surface area contributed by atoms with Crippen molar-refractivity contribution in [2.45, 2.75) is 6.54 Å². The number of ether oxygens (including phenoxy) is 1. The molecular weight excluding hydrogens is 392 g/mol. The van der Waals surface area contributed by atoms with Gasteiger partial charge in [-0.3, -0.25) is 9.59 Å². The number of carbonyl (C=O) groups is 2. The van der Waals surface area contributed by atoms with Crippen molar-refractivity contribution in [1.82, 2.24) is 4.57 Å². The van der Waals surface area contributed by atoms with Crippen molar-refractivity contribution in [2.75, 3.05) is 19.1 Å². The molecule has 148 valence electrons. The van der Waals surface area contributed by atoms with Gasteiger partial charge in [-0.25, -0.2) is 4.79 Å². The van der Waals surface area contributed by atoms with Crippen LogP contribution in [0.3, 0.4) is 0 Å². The van der Waals surface area contributed by atoms with Gasteiger partial charge in [-0.2, -0.15) is 0 Å². The van der Waals surface area contributed by atoms with Gasteiger partial charge in [-0.1, -0.05) is 35.9 Å². The fourth-order valence-corrected chi connectivity index (χ4v) is 3.05. The van der Waals surface area contributed by atoms with Gasteiger partial charge in [0.05, 0.1) is 30.5 Å². The van der Waals surface area contributed by atoms with Crippen LogP contribution in [-0.2, 0) is 11.3 Å². The number of aromatic nitrogens is 1. The normalized spacial score (nSPS) is 10.4. The van der Waals surface area contributed by atoms with Gasteiger partial charge >= 0.3 is 5.97 Å². The molecule has 0 saturated carbocycles. The highest BCUT2D eigenvalue weighted by atomic mass is 35.5. The number of nitrogens with zero attached hydrogens (tertiary/aromatic N) is 2. The second-order valence-electron chi connectivity index (χ2n) is 6.38. The van der Waals surface area contributed by atoms with Crippen LogP contribution in [-0.4, -0.2) is 30.6 Å². The Labute approximate surface area is 172 Å². The Kier molecular flexibility index (Phi) is 6.14. The molecule has 3 rings (SSSR count). The zero-order valence-corrected chi connectivity index (χ0v) is 16.7. The van der Waals surface area contributed by atoms with Crippen molar-refractivity contribution in [2.24, 2.45) is 0 Å². The van der Waals surface area contributed by atoms with Crippen molar-refractivity contribution in [3.63, 3.8) is 0 Å². The minimum atomic E-state index is -0.534. The van der Waals surface area contributed by atoms with Gasteiger partial charge in [0.15, 0.2) is 0 Å². The lowest BCUT2D eigenvalue weighted by atomic mass is 10.1.